The highest BCUT2D eigenvalue weighted by atomic mass is 16.2. The maximum atomic E-state index is 12.0. The SMILES string of the molecule is CC(=O)N1c2ccc(C)cc2C2CN(C)CC2C1C. The first-order valence-electron chi connectivity index (χ1n) is 7.08. The van der Waals surface area contributed by atoms with E-state index in [1.54, 1.807) is 6.92 Å². The number of likely N-dealkylation sites (N-methyl/N-ethyl adjacent to an activating group) is 1. The highest BCUT2D eigenvalue weighted by Crippen LogP contribution is 2.45. The summed E-state index contributed by atoms with van der Waals surface area (Å²) in [5, 5.41) is 0. The zero-order valence-corrected chi connectivity index (χ0v) is 12.2. The molecule has 3 nitrogen and oxygen atoms in total. The summed E-state index contributed by atoms with van der Waals surface area (Å²) in [6.45, 7) is 8.20. The van der Waals surface area contributed by atoms with Gasteiger partial charge in [-0.25, -0.2) is 0 Å². The molecule has 1 saturated heterocycles. The van der Waals surface area contributed by atoms with E-state index in [4.69, 9.17) is 0 Å². The van der Waals surface area contributed by atoms with Crippen molar-refractivity contribution >= 4 is 11.6 Å². The van der Waals surface area contributed by atoms with E-state index in [1.807, 2.05) is 4.90 Å². The van der Waals surface area contributed by atoms with Crippen LogP contribution in [0.1, 0.15) is 30.9 Å². The van der Waals surface area contributed by atoms with Gasteiger partial charge in [0.2, 0.25) is 5.91 Å². The quantitative estimate of drug-likeness (QED) is 0.713. The Kier molecular flexibility index (Phi) is 2.90. The number of rotatable bonds is 0. The number of aryl methyl sites for hydroxylation is 1. The van der Waals surface area contributed by atoms with Crippen molar-refractivity contribution < 1.29 is 4.79 Å². The molecule has 2 aliphatic heterocycles. The molecule has 3 atom stereocenters. The van der Waals surface area contributed by atoms with Crippen LogP contribution in [0.4, 0.5) is 5.69 Å². The van der Waals surface area contributed by atoms with E-state index in [2.05, 4.69) is 44.0 Å². The molecule has 2 heterocycles. The number of likely N-dealkylation sites (tertiary alicyclic amines) is 1. The zero-order chi connectivity index (χ0) is 13.7. The van der Waals surface area contributed by atoms with Crippen molar-refractivity contribution in [2.75, 3.05) is 25.0 Å². The van der Waals surface area contributed by atoms with Crippen LogP contribution in [-0.4, -0.2) is 37.0 Å². The largest absolute Gasteiger partial charge is 0.309 e. The molecule has 2 aliphatic rings. The first-order valence-corrected chi connectivity index (χ1v) is 7.08. The van der Waals surface area contributed by atoms with Gasteiger partial charge in [-0.2, -0.15) is 0 Å². The summed E-state index contributed by atoms with van der Waals surface area (Å²) >= 11 is 0. The summed E-state index contributed by atoms with van der Waals surface area (Å²) in [5.41, 5.74) is 3.77. The minimum absolute atomic E-state index is 0.158. The first kappa shape index (κ1) is 12.7. The fourth-order valence-electron chi connectivity index (χ4n) is 3.91. The lowest BCUT2D eigenvalue weighted by molar-refractivity contribution is -0.117. The molecule has 1 aromatic carbocycles. The van der Waals surface area contributed by atoms with E-state index in [0.717, 1.165) is 18.8 Å². The Balaban J connectivity index is 2.15. The molecule has 0 saturated carbocycles. The van der Waals surface area contributed by atoms with E-state index in [9.17, 15) is 4.79 Å². The molecule has 0 N–H and O–H groups in total. The van der Waals surface area contributed by atoms with Crippen LogP contribution < -0.4 is 4.90 Å². The highest BCUT2D eigenvalue weighted by Gasteiger charge is 2.44. The van der Waals surface area contributed by atoms with E-state index in [-0.39, 0.29) is 5.91 Å². The number of hydrogen-bond acceptors (Lipinski definition) is 2. The molecule has 1 amide bonds. The summed E-state index contributed by atoms with van der Waals surface area (Å²) in [7, 11) is 2.18. The second kappa shape index (κ2) is 4.34. The van der Waals surface area contributed by atoms with Crippen molar-refractivity contribution in [3.63, 3.8) is 0 Å². The summed E-state index contributed by atoms with van der Waals surface area (Å²) in [6.07, 6.45) is 0. The molecule has 3 rings (SSSR count). The number of hydrogen-bond donors (Lipinski definition) is 0. The van der Waals surface area contributed by atoms with Gasteiger partial charge in [0.25, 0.3) is 0 Å². The average molecular weight is 258 g/mol. The number of carbonyl (C=O) groups excluding carboxylic acids is 1. The summed E-state index contributed by atoms with van der Waals surface area (Å²) < 4.78 is 0. The Morgan fingerprint density at radius 1 is 1.32 bits per heavy atom. The number of carbonyl (C=O) groups is 1. The fraction of sp³-hybridized carbons (Fsp3) is 0.562. The average Bonchev–Trinajstić information content (AvgIpc) is 2.72. The Labute approximate surface area is 115 Å². The monoisotopic (exact) mass is 258 g/mol. The van der Waals surface area contributed by atoms with Crippen molar-refractivity contribution in [2.24, 2.45) is 5.92 Å². The molecule has 3 heteroatoms. The third-order valence-electron chi connectivity index (χ3n) is 4.76. The number of fused-ring (bicyclic) bond motifs is 3. The summed E-state index contributed by atoms with van der Waals surface area (Å²) in [6, 6.07) is 6.80. The van der Waals surface area contributed by atoms with Gasteiger partial charge < -0.3 is 9.80 Å². The zero-order valence-electron chi connectivity index (χ0n) is 12.2. The topological polar surface area (TPSA) is 23.6 Å². The third kappa shape index (κ3) is 1.88. The molecule has 0 aromatic heterocycles. The van der Waals surface area contributed by atoms with Crippen LogP contribution in [0.2, 0.25) is 0 Å². The van der Waals surface area contributed by atoms with Gasteiger partial charge in [-0.1, -0.05) is 17.7 Å². The third-order valence-corrected chi connectivity index (χ3v) is 4.76. The second-order valence-corrected chi connectivity index (χ2v) is 6.18. The van der Waals surface area contributed by atoms with Crippen LogP contribution in [-0.2, 0) is 4.79 Å². The molecule has 3 unspecified atom stereocenters. The van der Waals surface area contributed by atoms with Gasteiger partial charge in [0, 0.05) is 43.6 Å². The number of anilines is 1. The van der Waals surface area contributed by atoms with Gasteiger partial charge in [0.05, 0.1) is 0 Å². The lowest BCUT2D eigenvalue weighted by Gasteiger charge is -2.42. The van der Waals surface area contributed by atoms with Gasteiger partial charge in [-0.15, -0.1) is 0 Å². The molecule has 0 radical (unpaired) electrons. The number of nitrogens with zero attached hydrogens (tertiary/aromatic N) is 2. The maximum Gasteiger partial charge on any atom is 0.224 e. The first-order chi connectivity index (χ1) is 8.99. The Bertz CT molecular complexity index is 525. The minimum atomic E-state index is 0.158. The van der Waals surface area contributed by atoms with Crippen LogP contribution in [0.25, 0.3) is 0 Å². The highest BCUT2D eigenvalue weighted by molar-refractivity contribution is 5.94. The second-order valence-electron chi connectivity index (χ2n) is 6.18. The Hall–Kier alpha value is -1.35. The van der Waals surface area contributed by atoms with Crippen LogP contribution >= 0.6 is 0 Å². The fourth-order valence-corrected chi connectivity index (χ4v) is 3.91. The lowest BCUT2D eigenvalue weighted by atomic mass is 9.78. The molecule has 0 bridgehead atoms. The van der Waals surface area contributed by atoms with Crippen LogP contribution in [0.15, 0.2) is 18.2 Å². The molecular formula is C16H22N2O. The minimum Gasteiger partial charge on any atom is -0.309 e. The van der Waals surface area contributed by atoms with Crippen molar-refractivity contribution in [1.82, 2.24) is 4.90 Å². The standard InChI is InChI=1S/C16H22N2O/c1-10-5-6-16-13(7-10)15-9-17(4)8-14(15)11(2)18(16)12(3)19/h5-7,11,14-15H,8-9H2,1-4H3. The van der Waals surface area contributed by atoms with Crippen molar-refractivity contribution in [2.45, 2.75) is 32.7 Å². The van der Waals surface area contributed by atoms with Gasteiger partial charge in [-0.05, 0) is 32.5 Å². The predicted molar refractivity (Wildman–Crippen MR) is 77.5 cm³/mol. The molecule has 19 heavy (non-hydrogen) atoms. The van der Waals surface area contributed by atoms with Crippen molar-refractivity contribution in [3.05, 3.63) is 29.3 Å². The Morgan fingerprint density at radius 2 is 2.05 bits per heavy atom. The van der Waals surface area contributed by atoms with E-state index in [0.29, 0.717) is 17.9 Å². The molecule has 1 fully saturated rings. The van der Waals surface area contributed by atoms with Crippen LogP contribution in [0, 0.1) is 12.8 Å². The molecule has 102 valence electrons. The molecule has 1 aromatic rings. The van der Waals surface area contributed by atoms with Crippen molar-refractivity contribution in [3.8, 4) is 0 Å². The predicted octanol–water partition coefficient (Wildman–Crippen LogP) is 2.40. The van der Waals surface area contributed by atoms with Crippen LogP contribution in [0.3, 0.4) is 0 Å². The van der Waals surface area contributed by atoms with Crippen molar-refractivity contribution in [1.29, 1.82) is 0 Å². The van der Waals surface area contributed by atoms with Gasteiger partial charge >= 0.3 is 0 Å². The Morgan fingerprint density at radius 3 is 2.74 bits per heavy atom. The van der Waals surface area contributed by atoms with Gasteiger partial charge in [0.15, 0.2) is 0 Å². The van der Waals surface area contributed by atoms with Gasteiger partial charge in [-0.3, -0.25) is 4.79 Å². The van der Waals surface area contributed by atoms with E-state index in [1.165, 1.54) is 11.1 Å². The summed E-state index contributed by atoms with van der Waals surface area (Å²) in [5.74, 6) is 1.29. The summed E-state index contributed by atoms with van der Waals surface area (Å²) in [4.78, 5) is 16.4. The van der Waals surface area contributed by atoms with Gasteiger partial charge in [0.1, 0.15) is 0 Å². The number of benzene rings is 1. The number of amides is 1. The molecular weight excluding hydrogens is 236 g/mol. The lowest BCUT2D eigenvalue weighted by Crippen LogP contribution is -2.47. The van der Waals surface area contributed by atoms with Crippen LogP contribution in [0.5, 0.6) is 0 Å². The molecule has 0 aliphatic carbocycles. The maximum absolute atomic E-state index is 12.0. The smallest absolute Gasteiger partial charge is 0.224 e. The van der Waals surface area contributed by atoms with E-state index < -0.39 is 0 Å². The van der Waals surface area contributed by atoms with E-state index >= 15 is 0 Å². The molecule has 0 spiro atoms. The normalized spacial score (nSPS) is 30.1.